The van der Waals surface area contributed by atoms with E-state index in [-0.39, 0.29) is 11.8 Å². The van der Waals surface area contributed by atoms with Crippen molar-refractivity contribution in [1.29, 1.82) is 5.26 Å². The van der Waals surface area contributed by atoms with E-state index in [9.17, 15) is 9.59 Å². The molecule has 0 aromatic carbocycles. The predicted molar refractivity (Wildman–Crippen MR) is 62.8 cm³/mol. The molecular formula is C12H19N3O2. The van der Waals surface area contributed by atoms with Crippen LogP contribution in [0.5, 0.6) is 0 Å². The molecule has 0 aliphatic carbocycles. The van der Waals surface area contributed by atoms with E-state index in [4.69, 9.17) is 5.26 Å². The van der Waals surface area contributed by atoms with Crippen molar-refractivity contribution < 1.29 is 9.59 Å². The lowest BCUT2D eigenvalue weighted by atomic mass is 10.1. The van der Waals surface area contributed by atoms with Crippen LogP contribution >= 0.6 is 0 Å². The van der Waals surface area contributed by atoms with Gasteiger partial charge >= 0.3 is 0 Å². The van der Waals surface area contributed by atoms with Gasteiger partial charge in [0.05, 0.1) is 6.07 Å². The minimum atomic E-state index is -0.600. The number of amides is 2. The lowest BCUT2D eigenvalue weighted by Gasteiger charge is -2.15. The van der Waals surface area contributed by atoms with Gasteiger partial charge in [-0.05, 0) is 19.3 Å². The van der Waals surface area contributed by atoms with Crippen molar-refractivity contribution in [2.75, 3.05) is 19.6 Å². The van der Waals surface area contributed by atoms with Gasteiger partial charge in [-0.3, -0.25) is 9.59 Å². The summed E-state index contributed by atoms with van der Waals surface area (Å²) in [6.45, 7) is 3.79. The molecule has 0 aromatic rings. The van der Waals surface area contributed by atoms with E-state index < -0.39 is 5.92 Å². The molecule has 94 valence electrons. The minimum absolute atomic E-state index is 0.0906. The molecule has 0 spiro atoms. The molecule has 0 saturated carbocycles. The number of carbonyl (C=O) groups is 2. The predicted octanol–water partition coefficient (Wildman–Crippen LogP) is 0.665. The fourth-order valence-electron chi connectivity index (χ4n) is 1.88. The number of hydrogen-bond donors (Lipinski definition) is 1. The Morgan fingerprint density at radius 1 is 1.41 bits per heavy atom. The van der Waals surface area contributed by atoms with Crippen molar-refractivity contribution in [2.24, 2.45) is 5.92 Å². The summed E-state index contributed by atoms with van der Waals surface area (Å²) in [7, 11) is 0. The number of rotatable bonds is 5. The standard InChI is InChI=1S/C12H19N3O2/c1-2-10(9-13)12(17)14-6-5-11(16)15-7-3-4-8-15/h10H,2-8H2,1H3,(H,14,17). The summed E-state index contributed by atoms with van der Waals surface area (Å²) in [4.78, 5) is 24.9. The molecule has 0 bridgehead atoms. The van der Waals surface area contributed by atoms with E-state index in [2.05, 4.69) is 5.32 Å². The highest BCUT2D eigenvalue weighted by Gasteiger charge is 2.19. The van der Waals surface area contributed by atoms with Crippen LogP contribution in [0.3, 0.4) is 0 Å². The fourth-order valence-corrected chi connectivity index (χ4v) is 1.88. The van der Waals surface area contributed by atoms with Gasteiger partial charge in [-0.1, -0.05) is 6.92 Å². The normalized spacial score (nSPS) is 16.4. The molecule has 1 unspecified atom stereocenters. The maximum absolute atomic E-state index is 11.6. The number of hydrogen-bond acceptors (Lipinski definition) is 3. The van der Waals surface area contributed by atoms with E-state index in [1.807, 2.05) is 11.0 Å². The zero-order valence-electron chi connectivity index (χ0n) is 10.2. The third-order valence-corrected chi connectivity index (χ3v) is 2.98. The molecule has 17 heavy (non-hydrogen) atoms. The number of nitriles is 1. The van der Waals surface area contributed by atoms with Crippen molar-refractivity contribution in [2.45, 2.75) is 32.6 Å². The van der Waals surface area contributed by atoms with E-state index in [1.54, 1.807) is 6.92 Å². The lowest BCUT2D eigenvalue weighted by Crippen LogP contribution is -2.35. The molecule has 0 radical (unpaired) electrons. The maximum Gasteiger partial charge on any atom is 0.237 e. The third-order valence-electron chi connectivity index (χ3n) is 2.98. The van der Waals surface area contributed by atoms with Gasteiger partial charge in [-0.25, -0.2) is 0 Å². The maximum atomic E-state index is 11.6. The molecule has 0 aromatic heterocycles. The molecule has 2 amide bonds. The molecule has 1 heterocycles. The largest absolute Gasteiger partial charge is 0.354 e. The molecule has 5 heteroatoms. The molecule has 1 saturated heterocycles. The second kappa shape index (κ2) is 6.89. The van der Waals surface area contributed by atoms with Gasteiger partial charge in [0, 0.05) is 26.1 Å². The third kappa shape index (κ3) is 4.06. The van der Waals surface area contributed by atoms with Gasteiger partial charge in [0.2, 0.25) is 11.8 Å². The topological polar surface area (TPSA) is 73.2 Å². The summed E-state index contributed by atoms with van der Waals surface area (Å²) < 4.78 is 0. The number of carbonyl (C=O) groups excluding carboxylic acids is 2. The van der Waals surface area contributed by atoms with Crippen molar-refractivity contribution in [3.05, 3.63) is 0 Å². The van der Waals surface area contributed by atoms with Gasteiger partial charge in [0.15, 0.2) is 0 Å². The molecule has 5 nitrogen and oxygen atoms in total. The van der Waals surface area contributed by atoms with E-state index in [0.717, 1.165) is 25.9 Å². The van der Waals surface area contributed by atoms with Crippen LogP contribution in [0.15, 0.2) is 0 Å². The summed E-state index contributed by atoms with van der Waals surface area (Å²) in [5.74, 6) is -0.783. The van der Waals surface area contributed by atoms with E-state index in [0.29, 0.717) is 19.4 Å². The van der Waals surface area contributed by atoms with Crippen LogP contribution in [-0.4, -0.2) is 36.3 Å². The Balaban J connectivity index is 2.21. The molecule has 1 fully saturated rings. The molecular weight excluding hydrogens is 218 g/mol. The monoisotopic (exact) mass is 237 g/mol. The number of nitrogens with zero attached hydrogens (tertiary/aromatic N) is 2. The lowest BCUT2D eigenvalue weighted by molar-refractivity contribution is -0.130. The van der Waals surface area contributed by atoms with Crippen molar-refractivity contribution in [1.82, 2.24) is 10.2 Å². The van der Waals surface area contributed by atoms with Crippen LogP contribution in [-0.2, 0) is 9.59 Å². The van der Waals surface area contributed by atoms with E-state index >= 15 is 0 Å². The number of nitrogens with one attached hydrogen (secondary N) is 1. The highest BCUT2D eigenvalue weighted by Crippen LogP contribution is 2.08. The first-order chi connectivity index (χ1) is 8.19. The van der Waals surface area contributed by atoms with Crippen molar-refractivity contribution in [3.8, 4) is 6.07 Å². The Morgan fingerprint density at radius 2 is 2.06 bits per heavy atom. The van der Waals surface area contributed by atoms with Crippen LogP contribution < -0.4 is 5.32 Å². The Morgan fingerprint density at radius 3 is 2.59 bits per heavy atom. The summed E-state index contributed by atoms with van der Waals surface area (Å²) in [6.07, 6.45) is 2.98. The Hall–Kier alpha value is -1.57. The SMILES string of the molecule is CCC(C#N)C(=O)NCCC(=O)N1CCCC1. The zero-order valence-corrected chi connectivity index (χ0v) is 10.2. The fraction of sp³-hybridized carbons (Fsp3) is 0.750. The van der Waals surface area contributed by atoms with Crippen molar-refractivity contribution >= 4 is 11.8 Å². The van der Waals surface area contributed by atoms with Crippen LogP contribution in [0.2, 0.25) is 0 Å². The molecule has 1 atom stereocenters. The van der Waals surface area contributed by atoms with Gasteiger partial charge in [-0.15, -0.1) is 0 Å². The smallest absolute Gasteiger partial charge is 0.237 e. The average molecular weight is 237 g/mol. The zero-order chi connectivity index (χ0) is 12.7. The molecule has 1 rings (SSSR count). The van der Waals surface area contributed by atoms with Crippen molar-refractivity contribution in [3.63, 3.8) is 0 Å². The average Bonchev–Trinajstić information content (AvgIpc) is 2.84. The highest BCUT2D eigenvalue weighted by atomic mass is 16.2. The van der Waals surface area contributed by atoms with Crippen LogP contribution in [0, 0.1) is 17.2 Å². The van der Waals surface area contributed by atoms with Gasteiger partial charge in [0.25, 0.3) is 0 Å². The van der Waals surface area contributed by atoms with Gasteiger partial charge < -0.3 is 10.2 Å². The Bertz CT molecular complexity index is 316. The first kappa shape index (κ1) is 13.5. The first-order valence-electron chi connectivity index (χ1n) is 6.14. The highest BCUT2D eigenvalue weighted by molar-refractivity contribution is 5.82. The first-order valence-corrected chi connectivity index (χ1v) is 6.14. The minimum Gasteiger partial charge on any atom is -0.354 e. The molecule has 1 N–H and O–H groups in total. The molecule has 1 aliphatic heterocycles. The second-order valence-corrected chi connectivity index (χ2v) is 4.22. The summed E-state index contributed by atoms with van der Waals surface area (Å²) in [6, 6.07) is 1.94. The van der Waals surface area contributed by atoms with Gasteiger partial charge in [0.1, 0.15) is 5.92 Å². The Labute approximate surface area is 102 Å². The summed E-state index contributed by atoms with van der Waals surface area (Å²) in [5, 5.41) is 11.3. The molecule has 1 aliphatic rings. The summed E-state index contributed by atoms with van der Waals surface area (Å²) >= 11 is 0. The Kier molecular flexibility index (Phi) is 5.47. The second-order valence-electron chi connectivity index (χ2n) is 4.22. The van der Waals surface area contributed by atoms with Gasteiger partial charge in [-0.2, -0.15) is 5.26 Å². The van der Waals surface area contributed by atoms with Crippen LogP contribution in [0.4, 0.5) is 0 Å². The van der Waals surface area contributed by atoms with E-state index in [1.165, 1.54) is 0 Å². The summed E-state index contributed by atoms with van der Waals surface area (Å²) in [5.41, 5.74) is 0. The number of likely N-dealkylation sites (tertiary alicyclic amines) is 1. The quantitative estimate of drug-likeness (QED) is 0.763. The van der Waals surface area contributed by atoms with Crippen LogP contribution in [0.1, 0.15) is 32.6 Å². The van der Waals surface area contributed by atoms with Crippen LogP contribution in [0.25, 0.3) is 0 Å².